The van der Waals surface area contributed by atoms with E-state index < -0.39 is 0 Å². The second kappa shape index (κ2) is 9.77. The molecule has 4 heteroatoms. The second-order valence-electron chi connectivity index (χ2n) is 3.94. The fourth-order valence-electron chi connectivity index (χ4n) is 1.22. The van der Waals surface area contributed by atoms with E-state index in [-0.39, 0.29) is 6.03 Å². The average molecular weight is 215 g/mol. The largest absolute Gasteiger partial charge is 0.337 e. The first-order valence-electron chi connectivity index (χ1n) is 5.84. The zero-order valence-electron chi connectivity index (χ0n) is 10.3. The molecule has 0 aromatic carbocycles. The maximum Gasteiger partial charge on any atom is 0.316 e. The SMILES string of the molecule is CCCCCCNCCNC(=O)N(C)C. The molecule has 0 aromatic heterocycles. The van der Waals surface area contributed by atoms with Gasteiger partial charge in [-0.25, -0.2) is 4.79 Å². The lowest BCUT2D eigenvalue weighted by molar-refractivity contribution is 0.217. The predicted molar refractivity (Wildman–Crippen MR) is 64.1 cm³/mol. The molecular weight excluding hydrogens is 190 g/mol. The summed E-state index contributed by atoms with van der Waals surface area (Å²) in [5.41, 5.74) is 0. The third kappa shape index (κ3) is 9.53. The number of urea groups is 1. The minimum absolute atomic E-state index is 0.0252. The van der Waals surface area contributed by atoms with Gasteiger partial charge in [-0.05, 0) is 13.0 Å². The molecule has 0 radical (unpaired) electrons. The van der Waals surface area contributed by atoms with E-state index >= 15 is 0 Å². The van der Waals surface area contributed by atoms with Crippen molar-refractivity contribution in [1.82, 2.24) is 15.5 Å². The van der Waals surface area contributed by atoms with Crippen LogP contribution in [-0.2, 0) is 0 Å². The molecule has 0 atom stereocenters. The maximum atomic E-state index is 11.1. The molecule has 4 nitrogen and oxygen atoms in total. The molecule has 0 unspecified atom stereocenters. The predicted octanol–water partition coefficient (Wildman–Crippen LogP) is 1.43. The Morgan fingerprint density at radius 2 is 1.80 bits per heavy atom. The van der Waals surface area contributed by atoms with Crippen LogP contribution in [0.3, 0.4) is 0 Å². The van der Waals surface area contributed by atoms with Gasteiger partial charge in [-0.1, -0.05) is 26.2 Å². The van der Waals surface area contributed by atoms with Gasteiger partial charge in [0.1, 0.15) is 0 Å². The molecule has 0 saturated heterocycles. The van der Waals surface area contributed by atoms with E-state index in [0.717, 1.165) is 13.1 Å². The first-order chi connectivity index (χ1) is 7.18. The lowest BCUT2D eigenvalue weighted by Gasteiger charge is -2.12. The van der Waals surface area contributed by atoms with Crippen molar-refractivity contribution in [3.05, 3.63) is 0 Å². The highest BCUT2D eigenvalue weighted by Gasteiger charge is 1.99. The number of hydrogen-bond donors (Lipinski definition) is 2. The van der Waals surface area contributed by atoms with Crippen molar-refractivity contribution >= 4 is 6.03 Å². The lowest BCUT2D eigenvalue weighted by Crippen LogP contribution is -2.38. The Morgan fingerprint density at radius 3 is 2.40 bits per heavy atom. The second-order valence-corrected chi connectivity index (χ2v) is 3.94. The van der Waals surface area contributed by atoms with Gasteiger partial charge in [-0.15, -0.1) is 0 Å². The fourth-order valence-corrected chi connectivity index (χ4v) is 1.22. The molecule has 90 valence electrons. The van der Waals surface area contributed by atoms with Crippen molar-refractivity contribution in [2.24, 2.45) is 0 Å². The van der Waals surface area contributed by atoms with E-state index in [2.05, 4.69) is 17.6 Å². The van der Waals surface area contributed by atoms with Gasteiger partial charge in [0.15, 0.2) is 0 Å². The van der Waals surface area contributed by atoms with E-state index in [1.54, 1.807) is 19.0 Å². The van der Waals surface area contributed by atoms with Crippen molar-refractivity contribution in [3.8, 4) is 0 Å². The third-order valence-corrected chi connectivity index (χ3v) is 2.19. The van der Waals surface area contributed by atoms with Gasteiger partial charge in [-0.2, -0.15) is 0 Å². The van der Waals surface area contributed by atoms with Gasteiger partial charge in [0, 0.05) is 27.2 Å². The number of carbonyl (C=O) groups is 1. The molecule has 0 aliphatic rings. The summed E-state index contributed by atoms with van der Waals surface area (Å²) in [6, 6.07) is -0.0252. The Labute approximate surface area is 93.4 Å². The average Bonchev–Trinajstić information content (AvgIpc) is 2.21. The number of amides is 2. The Balaban J connectivity index is 3.08. The van der Waals surface area contributed by atoms with Crippen LogP contribution in [0.2, 0.25) is 0 Å². The monoisotopic (exact) mass is 215 g/mol. The summed E-state index contributed by atoms with van der Waals surface area (Å²) in [6.07, 6.45) is 5.13. The van der Waals surface area contributed by atoms with E-state index in [1.165, 1.54) is 25.7 Å². The molecule has 0 rings (SSSR count). The number of hydrogen-bond acceptors (Lipinski definition) is 2. The van der Waals surface area contributed by atoms with Crippen LogP contribution < -0.4 is 10.6 Å². The van der Waals surface area contributed by atoms with Crippen molar-refractivity contribution in [2.75, 3.05) is 33.7 Å². The van der Waals surface area contributed by atoms with Crippen LogP contribution in [0.15, 0.2) is 0 Å². The molecule has 0 spiro atoms. The fraction of sp³-hybridized carbons (Fsp3) is 0.909. The molecule has 15 heavy (non-hydrogen) atoms. The summed E-state index contributed by atoms with van der Waals surface area (Å²) >= 11 is 0. The number of rotatable bonds is 8. The zero-order valence-corrected chi connectivity index (χ0v) is 10.3. The summed E-state index contributed by atoms with van der Waals surface area (Å²) in [4.78, 5) is 12.6. The summed E-state index contributed by atoms with van der Waals surface area (Å²) in [6.45, 7) is 4.82. The Bertz CT molecular complexity index is 160. The van der Waals surface area contributed by atoms with E-state index in [4.69, 9.17) is 0 Å². The highest BCUT2D eigenvalue weighted by atomic mass is 16.2. The van der Waals surface area contributed by atoms with Crippen molar-refractivity contribution in [3.63, 3.8) is 0 Å². The minimum atomic E-state index is -0.0252. The topological polar surface area (TPSA) is 44.4 Å². The lowest BCUT2D eigenvalue weighted by atomic mass is 10.2. The quantitative estimate of drug-likeness (QED) is 0.602. The molecule has 0 heterocycles. The molecule has 0 saturated carbocycles. The Morgan fingerprint density at radius 1 is 1.07 bits per heavy atom. The van der Waals surface area contributed by atoms with Crippen molar-refractivity contribution in [2.45, 2.75) is 32.6 Å². The normalized spacial score (nSPS) is 10.1. The van der Waals surface area contributed by atoms with Gasteiger partial charge in [0.2, 0.25) is 0 Å². The number of carbonyl (C=O) groups excluding carboxylic acids is 1. The molecule has 2 amide bonds. The van der Waals surface area contributed by atoms with Gasteiger partial charge in [0.05, 0.1) is 0 Å². The van der Waals surface area contributed by atoms with Crippen molar-refractivity contribution < 1.29 is 4.79 Å². The summed E-state index contributed by atoms with van der Waals surface area (Å²) in [5, 5.41) is 6.11. The Kier molecular flexibility index (Phi) is 9.27. The van der Waals surface area contributed by atoms with Crippen LogP contribution in [0.25, 0.3) is 0 Å². The molecule has 0 aliphatic carbocycles. The molecule has 0 aromatic rings. The third-order valence-electron chi connectivity index (χ3n) is 2.19. The minimum Gasteiger partial charge on any atom is -0.337 e. The first kappa shape index (κ1) is 14.2. The van der Waals surface area contributed by atoms with Crippen LogP contribution in [0, 0.1) is 0 Å². The number of nitrogens with one attached hydrogen (secondary N) is 2. The summed E-state index contributed by atoms with van der Waals surface area (Å²) in [5.74, 6) is 0. The standard InChI is InChI=1S/C11H25N3O/c1-4-5-6-7-8-12-9-10-13-11(15)14(2)3/h12H,4-10H2,1-3H3,(H,13,15). The molecule has 0 bridgehead atoms. The van der Waals surface area contributed by atoms with Crippen LogP contribution in [-0.4, -0.2) is 44.7 Å². The van der Waals surface area contributed by atoms with Gasteiger partial charge >= 0.3 is 6.03 Å². The highest BCUT2D eigenvalue weighted by Crippen LogP contribution is 1.96. The molecule has 0 fully saturated rings. The smallest absolute Gasteiger partial charge is 0.316 e. The van der Waals surface area contributed by atoms with E-state index in [0.29, 0.717) is 6.54 Å². The molecular formula is C11H25N3O. The molecule has 2 N–H and O–H groups in total. The van der Waals surface area contributed by atoms with Gasteiger partial charge in [-0.3, -0.25) is 0 Å². The van der Waals surface area contributed by atoms with Crippen molar-refractivity contribution in [1.29, 1.82) is 0 Å². The number of unbranched alkanes of at least 4 members (excludes halogenated alkanes) is 3. The maximum absolute atomic E-state index is 11.1. The van der Waals surface area contributed by atoms with Gasteiger partial charge < -0.3 is 15.5 Å². The van der Waals surface area contributed by atoms with Crippen LogP contribution in [0.5, 0.6) is 0 Å². The summed E-state index contributed by atoms with van der Waals surface area (Å²) in [7, 11) is 3.49. The molecule has 0 aliphatic heterocycles. The van der Waals surface area contributed by atoms with Crippen LogP contribution >= 0.6 is 0 Å². The number of nitrogens with zero attached hydrogens (tertiary/aromatic N) is 1. The first-order valence-corrected chi connectivity index (χ1v) is 5.84. The highest BCUT2D eigenvalue weighted by molar-refractivity contribution is 5.73. The van der Waals surface area contributed by atoms with Crippen LogP contribution in [0.4, 0.5) is 4.79 Å². The van der Waals surface area contributed by atoms with Crippen LogP contribution in [0.1, 0.15) is 32.6 Å². The zero-order chi connectivity index (χ0) is 11.5. The Hall–Kier alpha value is -0.770. The van der Waals surface area contributed by atoms with E-state index in [9.17, 15) is 4.79 Å². The summed E-state index contributed by atoms with van der Waals surface area (Å²) < 4.78 is 0. The van der Waals surface area contributed by atoms with E-state index in [1.807, 2.05) is 0 Å². The van der Waals surface area contributed by atoms with Gasteiger partial charge in [0.25, 0.3) is 0 Å².